The Kier molecular flexibility index (Phi) is 7.05. The Hall–Kier alpha value is -1.40. The Bertz CT molecular complexity index is 489. The van der Waals surface area contributed by atoms with Crippen LogP contribution in [0.4, 0.5) is 0 Å². The lowest BCUT2D eigenvalue weighted by molar-refractivity contribution is -0.142. The van der Waals surface area contributed by atoms with Crippen molar-refractivity contribution < 1.29 is 14.3 Å². The van der Waals surface area contributed by atoms with Gasteiger partial charge in [-0.1, -0.05) is 19.8 Å². The van der Waals surface area contributed by atoms with Crippen molar-refractivity contribution in [2.24, 2.45) is 13.0 Å². The number of hydrogen-bond donors (Lipinski definition) is 0. The molecule has 0 bridgehead atoms. The first-order chi connectivity index (χ1) is 11.1. The highest BCUT2D eigenvalue weighted by atomic mass is 16.5. The fourth-order valence-corrected chi connectivity index (χ4v) is 3.14. The molecular weight excluding hydrogens is 294 g/mol. The van der Waals surface area contributed by atoms with E-state index in [1.54, 1.807) is 4.68 Å². The fraction of sp³-hybridized carbons (Fsp3) is 0.765. The van der Waals surface area contributed by atoms with Gasteiger partial charge in [0, 0.05) is 31.9 Å². The Morgan fingerprint density at radius 2 is 2.22 bits per heavy atom. The molecule has 1 aliphatic rings. The van der Waals surface area contributed by atoms with Gasteiger partial charge in [-0.05, 0) is 18.8 Å². The number of aromatic nitrogens is 2. The lowest BCUT2D eigenvalue weighted by Crippen LogP contribution is -2.35. The second-order valence-corrected chi connectivity index (χ2v) is 6.48. The molecule has 0 spiro atoms. The Balaban J connectivity index is 1.82. The summed E-state index contributed by atoms with van der Waals surface area (Å²) in [5, 5.41) is 4.18. The van der Waals surface area contributed by atoms with Crippen molar-refractivity contribution in [1.29, 1.82) is 0 Å². The predicted molar refractivity (Wildman–Crippen MR) is 87.9 cm³/mol. The van der Waals surface area contributed by atoms with Crippen LogP contribution in [-0.4, -0.2) is 53.6 Å². The van der Waals surface area contributed by atoms with E-state index in [9.17, 15) is 4.79 Å². The topological polar surface area (TPSA) is 56.6 Å². The second-order valence-electron chi connectivity index (χ2n) is 6.48. The van der Waals surface area contributed by atoms with Crippen LogP contribution in [0.3, 0.4) is 0 Å². The van der Waals surface area contributed by atoms with Crippen LogP contribution in [0.5, 0.6) is 0 Å². The average Bonchev–Trinajstić information content (AvgIpc) is 2.94. The molecule has 0 radical (unpaired) electrons. The van der Waals surface area contributed by atoms with Crippen molar-refractivity contribution in [3.8, 4) is 0 Å². The summed E-state index contributed by atoms with van der Waals surface area (Å²) in [4.78, 5) is 13.7. The van der Waals surface area contributed by atoms with Gasteiger partial charge < -0.3 is 9.47 Å². The number of esters is 1. The van der Waals surface area contributed by atoms with E-state index >= 15 is 0 Å². The van der Waals surface area contributed by atoms with E-state index < -0.39 is 0 Å². The molecule has 2 atom stereocenters. The number of methoxy groups -OCH3 is 1. The van der Waals surface area contributed by atoms with E-state index in [0.29, 0.717) is 31.7 Å². The van der Waals surface area contributed by atoms with E-state index in [1.165, 1.54) is 26.4 Å². The van der Waals surface area contributed by atoms with Crippen LogP contribution in [-0.2, 0) is 27.9 Å². The van der Waals surface area contributed by atoms with Crippen LogP contribution >= 0.6 is 0 Å². The minimum Gasteiger partial charge on any atom is -0.468 e. The number of aryl methyl sites for hydroxylation is 1. The van der Waals surface area contributed by atoms with E-state index in [0.717, 1.165) is 12.0 Å². The Morgan fingerprint density at radius 1 is 1.43 bits per heavy atom. The molecule has 1 fully saturated rings. The van der Waals surface area contributed by atoms with Crippen LogP contribution in [0.2, 0.25) is 0 Å². The normalized spacial score (nSPS) is 21.6. The SMILES string of the molecule is COC(=O)CN(CCO[C@@H]1CCCC[C@@H]1C)Cc1cnn(C)c1. The molecule has 6 heteroatoms. The molecule has 1 aromatic heterocycles. The molecular formula is C17H29N3O3. The van der Waals surface area contributed by atoms with Gasteiger partial charge in [0.05, 0.1) is 32.6 Å². The summed E-state index contributed by atoms with van der Waals surface area (Å²) in [6.45, 7) is 4.58. The van der Waals surface area contributed by atoms with Crippen molar-refractivity contribution in [2.45, 2.75) is 45.3 Å². The van der Waals surface area contributed by atoms with Gasteiger partial charge >= 0.3 is 5.97 Å². The van der Waals surface area contributed by atoms with Gasteiger partial charge in [-0.3, -0.25) is 14.4 Å². The standard InChI is InChI=1S/C17H29N3O3/c1-14-6-4-5-7-16(14)23-9-8-20(13-17(21)22-3)12-15-10-18-19(2)11-15/h10-11,14,16H,4-9,12-13H2,1-3H3/t14-,16+/m0/s1. The molecule has 1 heterocycles. The lowest BCUT2D eigenvalue weighted by Gasteiger charge is -2.30. The van der Waals surface area contributed by atoms with E-state index in [2.05, 4.69) is 16.9 Å². The van der Waals surface area contributed by atoms with E-state index in [1.807, 2.05) is 19.4 Å². The highest BCUT2D eigenvalue weighted by Crippen LogP contribution is 2.26. The van der Waals surface area contributed by atoms with Gasteiger partial charge in [-0.25, -0.2) is 0 Å². The number of carbonyl (C=O) groups excluding carboxylic acids is 1. The zero-order valence-corrected chi connectivity index (χ0v) is 14.5. The van der Waals surface area contributed by atoms with Gasteiger partial charge in [0.15, 0.2) is 0 Å². The third-order valence-electron chi connectivity index (χ3n) is 4.52. The van der Waals surface area contributed by atoms with Crippen molar-refractivity contribution >= 4 is 5.97 Å². The second kappa shape index (κ2) is 9.03. The maximum absolute atomic E-state index is 11.6. The molecule has 0 unspecified atom stereocenters. The largest absolute Gasteiger partial charge is 0.468 e. The van der Waals surface area contributed by atoms with Crippen molar-refractivity contribution in [3.63, 3.8) is 0 Å². The zero-order chi connectivity index (χ0) is 16.7. The first-order valence-electron chi connectivity index (χ1n) is 8.46. The molecule has 6 nitrogen and oxygen atoms in total. The Labute approximate surface area is 138 Å². The summed E-state index contributed by atoms with van der Waals surface area (Å²) in [6, 6.07) is 0. The Morgan fingerprint density at radius 3 is 2.87 bits per heavy atom. The van der Waals surface area contributed by atoms with E-state index in [4.69, 9.17) is 9.47 Å². The van der Waals surface area contributed by atoms with Gasteiger partial charge in [-0.2, -0.15) is 5.10 Å². The van der Waals surface area contributed by atoms with Crippen LogP contribution in [0.25, 0.3) is 0 Å². The molecule has 0 aromatic carbocycles. The number of carbonyl (C=O) groups is 1. The number of rotatable bonds is 8. The molecule has 130 valence electrons. The average molecular weight is 323 g/mol. The van der Waals surface area contributed by atoms with Crippen LogP contribution in [0.15, 0.2) is 12.4 Å². The van der Waals surface area contributed by atoms with Crippen molar-refractivity contribution in [2.75, 3.05) is 26.8 Å². The molecule has 1 aromatic rings. The third kappa shape index (κ3) is 5.95. The van der Waals surface area contributed by atoms with E-state index in [-0.39, 0.29) is 12.5 Å². The quantitative estimate of drug-likeness (QED) is 0.685. The van der Waals surface area contributed by atoms with Crippen LogP contribution < -0.4 is 0 Å². The highest BCUT2D eigenvalue weighted by Gasteiger charge is 2.22. The molecule has 0 aliphatic heterocycles. The number of hydrogen-bond acceptors (Lipinski definition) is 5. The first-order valence-corrected chi connectivity index (χ1v) is 8.46. The van der Waals surface area contributed by atoms with Crippen molar-refractivity contribution in [1.82, 2.24) is 14.7 Å². The third-order valence-corrected chi connectivity index (χ3v) is 4.52. The van der Waals surface area contributed by atoms with Crippen molar-refractivity contribution in [3.05, 3.63) is 18.0 Å². The van der Waals surface area contributed by atoms with Crippen LogP contribution in [0.1, 0.15) is 38.2 Å². The molecule has 0 saturated heterocycles. The summed E-state index contributed by atoms with van der Waals surface area (Å²) < 4.78 is 12.6. The minimum absolute atomic E-state index is 0.222. The molecule has 2 rings (SSSR count). The fourth-order valence-electron chi connectivity index (χ4n) is 3.14. The maximum Gasteiger partial charge on any atom is 0.319 e. The monoisotopic (exact) mass is 323 g/mol. The van der Waals surface area contributed by atoms with Gasteiger partial charge in [-0.15, -0.1) is 0 Å². The van der Waals surface area contributed by atoms with Gasteiger partial charge in [0.1, 0.15) is 0 Å². The minimum atomic E-state index is -0.222. The molecule has 0 amide bonds. The van der Waals surface area contributed by atoms with Gasteiger partial charge in [0.2, 0.25) is 0 Å². The van der Waals surface area contributed by atoms with Gasteiger partial charge in [0.25, 0.3) is 0 Å². The highest BCUT2D eigenvalue weighted by molar-refractivity contribution is 5.71. The summed E-state index contributed by atoms with van der Waals surface area (Å²) in [7, 11) is 3.31. The molecule has 23 heavy (non-hydrogen) atoms. The summed E-state index contributed by atoms with van der Waals surface area (Å²) in [5.74, 6) is 0.413. The lowest BCUT2D eigenvalue weighted by atomic mass is 9.88. The zero-order valence-electron chi connectivity index (χ0n) is 14.5. The molecule has 1 aliphatic carbocycles. The number of ether oxygens (including phenoxy) is 2. The molecule has 0 N–H and O–H groups in total. The number of nitrogens with zero attached hydrogens (tertiary/aromatic N) is 3. The summed E-state index contributed by atoms with van der Waals surface area (Å²) in [6.07, 6.45) is 9.14. The maximum atomic E-state index is 11.6. The molecule has 1 saturated carbocycles. The summed E-state index contributed by atoms with van der Waals surface area (Å²) in [5.41, 5.74) is 1.09. The first kappa shape index (κ1) is 17.9. The smallest absolute Gasteiger partial charge is 0.319 e. The summed E-state index contributed by atoms with van der Waals surface area (Å²) >= 11 is 0. The van der Waals surface area contributed by atoms with Crippen LogP contribution in [0, 0.1) is 5.92 Å². The predicted octanol–water partition coefficient (Wildman–Crippen LogP) is 1.99.